The lowest BCUT2D eigenvalue weighted by molar-refractivity contribution is -0.114. The molecule has 0 bridgehead atoms. The lowest BCUT2D eigenvalue weighted by Gasteiger charge is -2.11. The Bertz CT molecular complexity index is 1180. The van der Waals surface area contributed by atoms with Crippen LogP contribution in [-0.2, 0) is 16.1 Å². The molecule has 7 nitrogen and oxygen atoms in total. The standard InChI is InChI=1S/C24H20BrN3O4/c1-15(29)27-21-11-10-18(25)13-20(21)22(30)24(32)28-19-9-5-8-17(12-19)23(31)26-14-16-6-3-2-4-7-16/h2-13H,14H2,1H3,(H,26,31)(H,27,29)(H,28,32). The highest BCUT2D eigenvalue weighted by atomic mass is 79.9. The van der Waals surface area contributed by atoms with Crippen molar-refractivity contribution in [1.82, 2.24) is 5.32 Å². The largest absolute Gasteiger partial charge is 0.348 e. The van der Waals surface area contributed by atoms with Gasteiger partial charge in [-0.3, -0.25) is 19.2 Å². The zero-order valence-electron chi connectivity index (χ0n) is 17.1. The first-order chi connectivity index (χ1) is 15.3. The highest BCUT2D eigenvalue weighted by Gasteiger charge is 2.21. The van der Waals surface area contributed by atoms with Crippen LogP contribution >= 0.6 is 15.9 Å². The van der Waals surface area contributed by atoms with Gasteiger partial charge in [-0.1, -0.05) is 52.3 Å². The molecule has 0 saturated carbocycles. The Morgan fingerprint density at radius 2 is 1.59 bits per heavy atom. The highest BCUT2D eigenvalue weighted by molar-refractivity contribution is 9.10. The van der Waals surface area contributed by atoms with Gasteiger partial charge in [0.25, 0.3) is 17.6 Å². The van der Waals surface area contributed by atoms with Crippen molar-refractivity contribution in [2.24, 2.45) is 0 Å². The fourth-order valence-electron chi connectivity index (χ4n) is 2.93. The van der Waals surface area contributed by atoms with Crippen LogP contribution in [0.5, 0.6) is 0 Å². The average Bonchev–Trinajstić information content (AvgIpc) is 2.78. The summed E-state index contributed by atoms with van der Waals surface area (Å²) in [5.41, 5.74) is 1.87. The predicted molar refractivity (Wildman–Crippen MR) is 125 cm³/mol. The molecule has 3 aromatic rings. The predicted octanol–water partition coefficient (Wildman–Crippen LogP) is 4.16. The first-order valence-corrected chi connectivity index (χ1v) is 10.5. The van der Waals surface area contributed by atoms with Crippen molar-refractivity contribution in [3.05, 3.63) is 94.0 Å². The van der Waals surface area contributed by atoms with Crippen LogP contribution in [0, 0.1) is 0 Å². The Morgan fingerprint density at radius 1 is 0.844 bits per heavy atom. The van der Waals surface area contributed by atoms with Crippen molar-refractivity contribution in [3.8, 4) is 0 Å². The minimum atomic E-state index is -0.892. The summed E-state index contributed by atoms with van der Waals surface area (Å²) < 4.78 is 0.583. The van der Waals surface area contributed by atoms with Gasteiger partial charge in [-0.25, -0.2) is 0 Å². The van der Waals surface area contributed by atoms with E-state index in [0.29, 0.717) is 22.3 Å². The maximum absolute atomic E-state index is 12.7. The molecule has 162 valence electrons. The number of Topliss-reactive ketones (excluding diaryl/α,β-unsaturated/α-hetero) is 1. The minimum absolute atomic E-state index is 0.0452. The number of carbonyl (C=O) groups excluding carboxylic acids is 4. The molecular formula is C24H20BrN3O4. The highest BCUT2D eigenvalue weighted by Crippen LogP contribution is 2.22. The number of hydrogen-bond donors (Lipinski definition) is 3. The molecule has 0 atom stereocenters. The van der Waals surface area contributed by atoms with Crippen molar-refractivity contribution >= 4 is 50.8 Å². The number of benzene rings is 3. The van der Waals surface area contributed by atoms with Crippen LogP contribution in [0.1, 0.15) is 33.2 Å². The summed E-state index contributed by atoms with van der Waals surface area (Å²) in [6.07, 6.45) is 0. The Balaban J connectivity index is 1.70. The van der Waals surface area contributed by atoms with E-state index in [1.54, 1.807) is 24.3 Å². The summed E-state index contributed by atoms with van der Waals surface area (Å²) in [7, 11) is 0. The number of hydrogen-bond acceptors (Lipinski definition) is 4. The van der Waals surface area contributed by atoms with E-state index in [0.717, 1.165) is 5.56 Å². The number of carbonyl (C=O) groups is 4. The van der Waals surface area contributed by atoms with Crippen molar-refractivity contribution in [2.75, 3.05) is 10.6 Å². The fraction of sp³-hybridized carbons (Fsp3) is 0.0833. The lowest BCUT2D eigenvalue weighted by Crippen LogP contribution is -2.25. The smallest absolute Gasteiger partial charge is 0.296 e. The molecule has 3 rings (SSSR count). The zero-order valence-corrected chi connectivity index (χ0v) is 18.7. The van der Waals surface area contributed by atoms with E-state index >= 15 is 0 Å². The van der Waals surface area contributed by atoms with Gasteiger partial charge in [0.2, 0.25) is 5.91 Å². The molecule has 8 heteroatoms. The van der Waals surface area contributed by atoms with Crippen molar-refractivity contribution in [2.45, 2.75) is 13.5 Å². The quantitative estimate of drug-likeness (QED) is 0.339. The normalized spacial score (nSPS) is 10.2. The zero-order chi connectivity index (χ0) is 23.1. The number of amides is 3. The molecule has 0 radical (unpaired) electrons. The molecule has 3 N–H and O–H groups in total. The molecule has 0 unspecified atom stereocenters. The first kappa shape index (κ1) is 22.9. The Morgan fingerprint density at radius 3 is 2.31 bits per heavy atom. The monoisotopic (exact) mass is 493 g/mol. The second-order valence-electron chi connectivity index (χ2n) is 6.90. The van der Waals surface area contributed by atoms with Crippen LogP contribution in [0.4, 0.5) is 11.4 Å². The van der Waals surface area contributed by atoms with Crippen LogP contribution in [0.2, 0.25) is 0 Å². The molecule has 0 aromatic heterocycles. The van der Waals surface area contributed by atoms with E-state index in [2.05, 4.69) is 31.9 Å². The van der Waals surface area contributed by atoms with Gasteiger partial charge in [-0.15, -0.1) is 0 Å². The third-order valence-corrected chi connectivity index (χ3v) is 4.91. The topological polar surface area (TPSA) is 104 Å². The third-order valence-electron chi connectivity index (χ3n) is 4.42. The number of nitrogens with one attached hydrogen (secondary N) is 3. The second kappa shape index (κ2) is 10.5. The van der Waals surface area contributed by atoms with Gasteiger partial charge in [-0.05, 0) is 42.0 Å². The fourth-order valence-corrected chi connectivity index (χ4v) is 3.29. The lowest BCUT2D eigenvalue weighted by atomic mass is 10.1. The third kappa shape index (κ3) is 6.12. The van der Waals surface area contributed by atoms with E-state index in [1.165, 1.54) is 25.1 Å². The van der Waals surface area contributed by atoms with Gasteiger partial charge < -0.3 is 16.0 Å². The van der Waals surface area contributed by atoms with Crippen molar-refractivity contribution < 1.29 is 19.2 Å². The molecule has 0 heterocycles. The van der Waals surface area contributed by atoms with Gasteiger partial charge in [0.1, 0.15) is 0 Å². The summed E-state index contributed by atoms with van der Waals surface area (Å²) in [5.74, 6) is -2.39. The summed E-state index contributed by atoms with van der Waals surface area (Å²) in [4.78, 5) is 49.1. The second-order valence-corrected chi connectivity index (χ2v) is 7.82. The van der Waals surface area contributed by atoms with Crippen LogP contribution in [0.25, 0.3) is 0 Å². The van der Waals surface area contributed by atoms with Crippen LogP contribution in [0.15, 0.2) is 77.3 Å². The number of ketones is 1. The Labute approximate surface area is 193 Å². The molecule has 0 aliphatic heterocycles. The molecule has 3 amide bonds. The summed E-state index contributed by atoms with van der Waals surface area (Å²) in [6.45, 7) is 1.67. The maximum atomic E-state index is 12.7. The summed E-state index contributed by atoms with van der Waals surface area (Å²) >= 11 is 3.26. The minimum Gasteiger partial charge on any atom is -0.348 e. The molecule has 0 aliphatic carbocycles. The molecule has 3 aromatic carbocycles. The van der Waals surface area contributed by atoms with Gasteiger partial charge in [0.15, 0.2) is 0 Å². The maximum Gasteiger partial charge on any atom is 0.296 e. The molecule has 0 saturated heterocycles. The van der Waals surface area contributed by atoms with Crippen molar-refractivity contribution in [1.29, 1.82) is 0 Å². The van der Waals surface area contributed by atoms with Gasteiger partial charge in [0, 0.05) is 29.2 Å². The molecule has 0 fully saturated rings. The summed E-state index contributed by atoms with van der Waals surface area (Å²) in [5, 5.41) is 7.86. The van der Waals surface area contributed by atoms with Gasteiger partial charge in [-0.2, -0.15) is 0 Å². The van der Waals surface area contributed by atoms with Crippen LogP contribution < -0.4 is 16.0 Å². The molecule has 0 aliphatic rings. The van der Waals surface area contributed by atoms with E-state index in [4.69, 9.17) is 0 Å². The molecule has 32 heavy (non-hydrogen) atoms. The number of rotatable bonds is 7. The first-order valence-electron chi connectivity index (χ1n) is 9.68. The van der Waals surface area contributed by atoms with E-state index in [9.17, 15) is 19.2 Å². The summed E-state index contributed by atoms with van der Waals surface area (Å²) in [6, 6.07) is 20.4. The van der Waals surface area contributed by atoms with Crippen molar-refractivity contribution in [3.63, 3.8) is 0 Å². The van der Waals surface area contributed by atoms with E-state index in [1.807, 2.05) is 30.3 Å². The molecular weight excluding hydrogens is 474 g/mol. The number of anilines is 2. The Kier molecular flexibility index (Phi) is 7.51. The van der Waals surface area contributed by atoms with E-state index in [-0.39, 0.29) is 23.1 Å². The van der Waals surface area contributed by atoms with Crippen LogP contribution in [-0.4, -0.2) is 23.5 Å². The number of halogens is 1. The average molecular weight is 494 g/mol. The SMILES string of the molecule is CC(=O)Nc1ccc(Br)cc1C(=O)C(=O)Nc1cccc(C(=O)NCc2ccccc2)c1. The van der Waals surface area contributed by atoms with Crippen LogP contribution in [0.3, 0.4) is 0 Å². The van der Waals surface area contributed by atoms with Gasteiger partial charge in [0.05, 0.1) is 11.3 Å². The van der Waals surface area contributed by atoms with Gasteiger partial charge >= 0.3 is 0 Å². The van der Waals surface area contributed by atoms with E-state index < -0.39 is 11.7 Å². The Hall–Kier alpha value is -3.78. The molecule has 0 spiro atoms.